The van der Waals surface area contributed by atoms with Crippen LogP contribution in [-0.2, 0) is 0 Å². The van der Waals surface area contributed by atoms with Gasteiger partial charge in [-0.25, -0.2) is 5.10 Å². The Labute approximate surface area is 131 Å². The molecular weight excluding hydrogens is 302 g/mol. The largest absolute Gasteiger partial charge is 0.497 e. The molecule has 3 aromatic rings. The Hall–Kier alpha value is -3.10. The SMILES string of the molecule is COc1ccc2c(C(=O)Nc3nnn[nH]3)oc(OC(C)C)c2c1. The van der Waals surface area contributed by atoms with Crippen LogP contribution in [0.15, 0.2) is 22.6 Å². The molecule has 1 amide bonds. The van der Waals surface area contributed by atoms with Gasteiger partial charge < -0.3 is 13.9 Å². The van der Waals surface area contributed by atoms with Crippen LogP contribution < -0.4 is 14.8 Å². The first-order valence-corrected chi connectivity index (χ1v) is 6.90. The van der Waals surface area contributed by atoms with E-state index in [-0.39, 0.29) is 23.8 Å². The van der Waals surface area contributed by atoms with Gasteiger partial charge in [0.15, 0.2) is 0 Å². The summed E-state index contributed by atoms with van der Waals surface area (Å²) >= 11 is 0. The predicted molar refractivity (Wildman–Crippen MR) is 80.7 cm³/mol. The van der Waals surface area contributed by atoms with Crippen LogP contribution in [0, 0.1) is 0 Å². The van der Waals surface area contributed by atoms with Crippen molar-refractivity contribution in [2.75, 3.05) is 12.4 Å². The smallest absolute Gasteiger partial charge is 0.294 e. The third-order valence-corrected chi connectivity index (χ3v) is 3.01. The molecule has 23 heavy (non-hydrogen) atoms. The highest BCUT2D eigenvalue weighted by Crippen LogP contribution is 2.35. The maximum atomic E-state index is 12.4. The first kappa shape index (κ1) is 14.8. The summed E-state index contributed by atoms with van der Waals surface area (Å²) in [7, 11) is 1.56. The lowest BCUT2D eigenvalue weighted by atomic mass is 10.1. The van der Waals surface area contributed by atoms with Crippen molar-refractivity contribution in [3.05, 3.63) is 24.0 Å². The first-order chi connectivity index (χ1) is 11.1. The van der Waals surface area contributed by atoms with E-state index in [9.17, 15) is 4.79 Å². The van der Waals surface area contributed by atoms with E-state index >= 15 is 0 Å². The quantitative estimate of drug-likeness (QED) is 0.739. The lowest BCUT2D eigenvalue weighted by molar-refractivity contribution is 0.0983. The van der Waals surface area contributed by atoms with Crippen LogP contribution in [0.1, 0.15) is 24.4 Å². The number of furan rings is 1. The molecule has 0 saturated heterocycles. The van der Waals surface area contributed by atoms with E-state index < -0.39 is 5.91 Å². The van der Waals surface area contributed by atoms with Crippen LogP contribution in [0.5, 0.6) is 11.7 Å². The van der Waals surface area contributed by atoms with Gasteiger partial charge in [0.25, 0.3) is 11.9 Å². The number of rotatable bonds is 5. The maximum absolute atomic E-state index is 12.4. The lowest BCUT2D eigenvalue weighted by Crippen LogP contribution is -2.12. The van der Waals surface area contributed by atoms with Gasteiger partial charge >= 0.3 is 0 Å². The highest BCUT2D eigenvalue weighted by molar-refractivity contribution is 6.11. The number of tetrazole rings is 1. The van der Waals surface area contributed by atoms with Crippen molar-refractivity contribution in [3.8, 4) is 11.7 Å². The van der Waals surface area contributed by atoms with Gasteiger partial charge in [-0.2, -0.15) is 0 Å². The first-order valence-electron chi connectivity index (χ1n) is 6.90. The Morgan fingerprint density at radius 2 is 2.17 bits per heavy atom. The van der Waals surface area contributed by atoms with Crippen molar-refractivity contribution in [2.45, 2.75) is 20.0 Å². The van der Waals surface area contributed by atoms with Crippen LogP contribution in [0.4, 0.5) is 5.95 Å². The van der Waals surface area contributed by atoms with Gasteiger partial charge in [-0.15, -0.1) is 0 Å². The van der Waals surface area contributed by atoms with E-state index in [1.165, 1.54) is 0 Å². The molecule has 0 atom stereocenters. The molecule has 9 nitrogen and oxygen atoms in total. The van der Waals surface area contributed by atoms with Gasteiger partial charge in [0.2, 0.25) is 11.7 Å². The van der Waals surface area contributed by atoms with Gasteiger partial charge in [-0.3, -0.25) is 10.1 Å². The fourth-order valence-electron chi connectivity index (χ4n) is 2.07. The minimum atomic E-state index is -0.489. The molecule has 0 aliphatic heterocycles. The van der Waals surface area contributed by atoms with Crippen LogP contribution in [0.25, 0.3) is 10.8 Å². The Morgan fingerprint density at radius 3 is 2.83 bits per heavy atom. The normalized spacial score (nSPS) is 11.0. The minimum Gasteiger partial charge on any atom is -0.497 e. The van der Waals surface area contributed by atoms with E-state index in [1.54, 1.807) is 25.3 Å². The molecule has 0 bridgehead atoms. The van der Waals surface area contributed by atoms with Gasteiger partial charge in [-0.1, -0.05) is 5.10 Å². The van der Waals surface area contributed by atoms with E-state index in [4.69, 9.17) is 13.9 Å². The number of hydrogen-bond acceptors (Lipinski definition) is 7. The highest BCUT2D eigenvalue weighted by atomic mass is 16.6. The number of hydrogen-bond donors (Lipinski definition) is 2. The summed E-state index contributed by atoms with van der Waals surface area (Å²) < 4.78 is 16.5. The van der Waals surface area contributed by atoms with Crippen LogP contribution in [0.2, 0.25) is 0 Å². The summed E-state index contributed by atoms with van der Waals surface area (Å²) in [6, 6.07) is 5.23. The van der Waals surface area contributed by atoms with E-state index in [0.29, 0.717) is 16.5 Å². The number of anilines is 1. The van der Waals surface area contributed by atoms with Gasteiger partial charge in [0.05, 0.1) is 18.6 Å². The Bertz CT molecular complexity index is 825. The number of fused-ring (bicyclic) bond motifs is 1. The van der Waals surface area contributed by atoms with E-state index in [1.807, 2.05) is 13.8 Å². The fourth-order valence-corrected chi connectivity index (χ4v) is 2.07. The summed E-state index contributed by atoms with van der Waals surface area (Å²) in [4.78, 5) is 12.4. The number of aromatic amines is 1. The number of H-pyrrole nitrogens is 1. The van der Waals surface area contributed by atoms with Crippen molar-refractivity contribution < 1.29 is 18.7 Å². The summed E-state index contributed by atoms with van der Waals surface area (Å²) in [6.07, 6.45) is -0.107. The zero-order valence-corrected chi connectivity index (χ0v) is 12.8. The van der Waals surface area contributed by atoms with Gasteiger partial charge in [-0.05, 0) is 42.5 Å². The standard InChI is InChI=1S/C14H15N5O4/c1-7(2)22-13-10-6-8(21-3)4-5-9(10)11(23-13)12(20)15-14-16-18-19-17-14/h4-7H,1-3H3,(H2,15,16,17,18,19,20). The summed E-state index contributed by atoms with van der Waals surface area (Å²) in [5.74, 6) is 0.638. The second-order valence-corrected chi connectivity index (χ2v) is 5.00. The predicted octanol–water partition coefficient (Wildman–Crippen LogP) is 1.99. The molecule has 120 valence electrons. The molecular formula is C14H15N5O4. The van der Waals surface area contributed by atoms with Gasteiger partial charge in [0.1, 0.15) is 5.75 Å². The van der Waals surface area contributed by atoms with E-state index in [0.717, 1.165) is 0 Å². The zero-order chi connectivity index (χ0) is 16.4. The average molecular weight is 317 g/mol. The number of ether oxygens (including phenoxy) is 2. The molecule has 9 heteroatoms. The average Bonchev–Trinajstić information content (AvgIpc) is 3.14. The summed E-state index contributed by atoms with van der Waals surface area (Å²) in [5.41, 5.74) is 0. The lowest BCUT2D eigenvalue weighted by Gasteiger charge is -2.06. The molecule has 2 heterocycles. The fraction of sp³-hybridized carbons (Fsp3) is 0.286. The van der Waals surface area contributed by atoms with Gasteiger partial charge in [0, 0.05) is 5.39 Å². The van der Waals surface area contributed by atoms with Crippen LogP contribution in [0.3, 0.4) is 0 Å². The van der Waals surface area contributed by atoms with Crippen molar-refractivity contribution in [3.63, 3.8) is 0 Å². The number of amides is 1. The number of nitrogens with zero attached hydrogens (tertiary/aromatic N) is 3. The Balaban J connectivity index is 2.03. The summed E-state index contributed by atoms with van der Waals surface area (Å²) in [5, 5.41) is 16.6. The third-order valence-electron chi connectivity index (χ3n) is 3.01. The van der Waals surface area contributed by atoms with E-state index in [2.05, 4.69) is 25.9 Å². The molecule has 0 spiro atoms. The molecule has 0 unspecified atom stereocenters. The number of carbonyl (C=O) groups excluding carboxylic acids is 1. The monoisotopic (exact) mass is 317 g/mol. The second kappa shape index (κ2) is 5.95. The number of benzene rings is 1. The maximum Gasteiger partial charge on any atom is 0.294 e. The number of carbonyl (C=O) groups is 1. The van der Waals surface area contributed by atoms with Crippen molar-refractivity contribution >= 4 is 22.6 Å². The Morgan fingerprint density at radius 1 is 1.35 bits per heavy atom. The highest BCUT2D eigenvalue weighted by Gasteiger charge is 2.22. The van der Waals surface area contributed by atoms with Crippen LogP contribution >= 0.6 is 0 Å². The minimum absolute atomic E-state index is 0.106. The number of aromatic nitrogens is 4. The summed E-state index contributed by atoms with van der Waals surface area (Å²) in [6.45, 7) is 3.74. The number of methoxy groups -OCH3 is 1. The molecule has 0 aliphatic rings. The zero-order valence-electron chi connectivity index (χ0n) is 12.8. The topological polar surface area (TPSA) is 115 Å². The molecule has 0 radical (unpaired) electrons. The van der Waals surface area contributed by atoms with Crippen LogP contribution in [-0.4, -0.2) is 39.7 Å². The number of nitrogens with one attached hydrogen (secondary N) is 2. The molecule has 3 rings (SSSR count). The molecule has 0 fully saturated rings. The molecule has 0 saturated carbocycles. The van der Waals surface area contributed by atoms with Crippen molar-refractivity contribution in [2.24, 2.45) is 0 Å². The molecule has 0 aliphatic carbocycles. The third kappa shape index (κ3) is 2.93. The Kier molecular flexibility index (Phi) is 3.83. The second-order valence-electron chi connectivity index (χ2n) is 5.00. The molecule has 2 N–H and O–H groups in total. The molecule has 1 aromatic carbocycles. The molecule has 2 aromatic heterocycles. The van der Waals surface area contributed by atoms with Crippen molar-refractivity contribution in [1.82, 2.24) is 20.6 Å². The van der Waals surface area contributed by atoms with Crippen molar-refractivity contribution in [1.29, 1.82) is 0 Å².